The Labute approximate surface area is 111 Å². The molecule has 0 bridgehead atoms. The summed E-state index contributed by atoms with van der Waals surface area (Å²) in [6, 6.07) is 8.41. The summed E-state index contributed by atoms with van der Waals surface area (Å²) in [5, 5.41) is 0. The zero-order valence-electron chi connectivity index (χ0n) is 11.3. The summed E-state index contributed by atoms with van der Waals surface area (Å²) < 4.78 is 25.5. The summed E-state index contributed by atoms with van der Waals surface area (Å²) >= 11 is 0. The normalized spacial score (nSPS) is 11.7. The van der Waals surface area contributed by atoms with Crippen LogP contribution < -0.4 is 4.72 Å². The van der Waals surface area contributed by atoms with E-state index in [1.807, 2.05) is 6.92 Å². The lowest BCUT2D eigenvalue weighted by molar-refractivity contribution is 0.580. The van der Waals surface area contributed by atoms with Crippen LogP contribution in [0.25, 0.3) is 0 Å². The molecule has 0 fully saturated rings. The molecule has 0 aromatic heterocycles. The van der Waals surface area contributed by atoms with E-state index in [1.54, 1.807) is 0 Å². The fraction of sp³-hybridized carbons (Fsp3) is 0.571. The van der Waals surface area contributed by atoms with Gasteiger partial charge in [-0.15, -0.1) is 0 Å². The van der Waals surface area contributed by atoms with Crippen molar-refractivity contribution in [3.05, 3.63) is 35.4 Å². The molecule has 0 spiro atoms. The topological polar surface area (TPSA) is 46.2 Å². The van der Waals surface area contributed by atoms with E-state index in [9.17, 15) is 8.42 Å². The van der Waals surface area contributed by atoms with E-state index >= 15 is 0 Å². The number of benzene rings is 1. The highest BCUT2D eigenvalue weighted by molar-refractivity contribution is 7.89. The van der Waals surface area contributed by atoms with Crippen LogP contribution >= 0.6 is 0 Å². The van der Waals surface area contributed by atoms with Crippen molar-refractivity contribution < 1.29 is 8.42 Å². The fourth-order valence-corrected chi connectivity index (χ4v) is 2.95. The molecule has 0 amide bonds. The van der Waals surface area contributed by atoms with Crippen LogP contribution in [0.5, 0.6) is 0 Å². The van der Waals surface area contributed by atoms with E-state index in [-0.39, 0.29) is 5.75 Å². The van der Waals surface area contributed by atoms with Crippen molar-refractivity contribution in [2.75, 3.05) is 12.3 Å². The number of rotatable bonds is 8. The molecule has 0 aliphatic carbocycles. The summed E-state index contributed by atoms with van der Waals surface area (Å²) in [7, 11) is -3.07. The maximum Gasteiger partial charge on any atom is 0.211 e. The minimum absolute atomic E-state index is 0.211. The molecule has 1 aromatic carbocycles. The van der Waals surface area contributed by atoms with E-state index in [0.717, 1.165) is 19.3 Å². The van der Waals surface area contributed by atoms with Crippen molar-refractivity contribution in [2.45, 2.75) is 39.5 Å². The first-order chi connectivity index (χ1) is 8.57. The average Bonchev–Trinajstić information content (AvgIpc) is 2.31. The Balaban J connectivity index is 2.40. The second-order valence-electron chi connectivity index (χ2n) is 4.53. The zero-order chi connectivity index (χ0) is 13.4. The van der Waals surface area contributed by atoms with Gasteiger partial charge >= 0.3 is 0 Å². The Kier molecular flexibility index (Phi) is 6.36. The Morgan fingerprint density at radius 1 is 0.944 bits per heavy atom. The lowest BCUT2D eigenvalue weighted by Gasteiger charge is -2.06. The number of hydrogen-bond acceptors (Lipinski definition) is 2. The first-order valence-electron chi connectivity index (χ1n) is 6.62. The Bertz CT molecular complexity index is 437. The molecule has 4 heteroatoms. The Morgan fingerprint density at radius 3 is 2.00 bits per heavy atom. The number of aryl methyl sites for hydroxylation is 1. The van der Waals surface area contributed by atoms with E-state index in [4.69, 9.17) is 0 Å². The maximum absolute atomic E-state index is 11.4. The lowest BCUT2D eigenvalue weighted by atomic mass is 10.1. The first kappa shape index (κ1) is 15.2. The standard InChI is InChI=1S/C14H23NO2S/c1-3-5-13-6-8-14(9-7-13)10-11-15-18(16,17)12-4-2/h6-9,15H,3-5,10-12H2,1-2H3. The summed E-state index contributed by atoms with van der Waals surface area (Å²) in [5.74, 6) is 0.211. The van der Waals surface area contributed by atoms with E-state index in [1.165, 1.54) is 11.1 Å². The molecule has 1 aromatic rings. The van der Waals surface area contributed by atoms with Crippen molar-refractivity contribution in [1.82, 2.24) is 4.72 Å². The molecule has 0 aliphatic rings. The molecule has 0 aliphatic heterocycles. The number of sulfonamides is 1. The van der Waals surface area contributed by atoms with Crippen LogP contribution in [-0.2, 0) is 22.9 Å². The Hall–Kier alpha value is -0.870. The van der Waals surface area contributed by atoms with Gasteiger partial charge in [0.15, 0.2) is 0 Å². The second-order valence-corrected chi connectivity index (χ2v) is 6.46. The molecule has 102 valence electrons. The van der Waals surface area contributed by atoms with E-state index < -0.39 is 10.0 Å². The monoisotopic (exact) mass is 269 g/mol. The molecule has 3 nitrogen and oxygen atoms in total. The van der Waals surface area contributed by atoms with Crippen LogP contribution in [0.4, 0.5) is 0 Å². The third kappa shape index (κ3) is 5.65. The molecule has 0 unspecified atom stereocenters. The Morgan fingerprint density at radius 2 is 1.50 bits per heavy atom. The van der Waals surface area contributed by atoms with Crippen molar-refractivity contribution in [1.29, 1.82) is 0 Å². The van der Waals surface area contributed by atoms with Gasteiger partial charge in [-0.05, 0) is 30.4 Å². The fourth-order valence-electron chi connectivity index (χ4n) is 1.85. The third-order valence-electron chi connectivity index (χ3n) is 2.77. The van der Waals surface area contributed by atoms with E-state index in [2.05, 4.69) is 35.9 Å². The minimum Gasteiger partial charge on any atom is -0.215 e. The molecule has 0 heterocycles. The lowest BCUT2D eigenvalue weighted by Crippen LogP contribution is -2.28. The maximum atomic E-state index is 11.4. The van der Waals surface area contributed by atoms with Gasteiger partial charge in [-0.3, -0.25) is 0 Å². The van der Waals surface area contributed by atoms with Crippen LogP contribution in [0.3, 0.4) is 0 Å². The van der Waals surface area contributed by atoms with Gasteiger partial charge in [-0.25, -0.2) is 13.1 Å². The molecular weight excluding hydrogens is 246 g/mol. The van der Waals surface area contributed by atoms with Gasteiger partial charge in [0, 0.05) is 6.54 Å². The molecule has 0 atom stereocenters. The third-order valence-corrected chi connectivity index (χ3v) is 4.36. The summed E-state index contributed by atoms with van der Waals surface area (Å²) in [6.45, 7) is 4.51. The van der Waals surface area contributed by atoms with Crippen LogP contribution in [0.1, 0.15) is 37.8 Å². The molecule has 18 heavy (non-hydrogen) atoms. The van der Waals surface area contributed by atoms with Gasteiger partial charge < -0.3 is 0 Å². The highest BCUT2D eigenvalue weighted by Crippen LogP contribution is 2.07. The largest absolute Gasteiger partial charge is 0.215 e. The van der Waals surface area contributed by atoms with Gasteiger partial charge in [0.25, 0.3) is 0 Å². The minimum atomic E-state index is -3.07. The predicted molar refractivity (Wildman–Crippen MR) is 76.2 cm³/mol. The molecule has 1 rings (SSSR count). The van der Waals surface area contributed by atoms with Crippen molar-refractivity contribution >= 4 is 10.0 Å². The van der Waals surface area contributed by atoms with Crippen molar-refractivity contribution in [3.8, 4) is 0 Å². The summed E-state index contributed by atoms with van der Waals surface area (Å²) in [6.07, 6.45) is 3.65. The highest BCUT2D eigenvalue weighted by Gasteiger charge is 2.06. The SMILES string of the molecule is CCCc1ccc(CCNS(=O)(=O)CCC)cc1. The summed E-state index contributed by atoms with van der Waals surface area (Å²) in [5.41, 5.74) is 2.52. The van der Waals surface area contributed by atoms with Crippen molar-refractivity contribution in [3.63, 3.8) is 0 Å². The molecule has 0 saturated heterocycles. The number of hydrogen-bond donors (Lipinski definition) is 1. The quantitative estimate of drug-likeness (QED) is 0.788. The van der Waals surface area contributed by atoms with Crippen LogP contribution in [-0.4, -0.2) is 20.7 Å². The van der Waals surface area contributed by atoms with Gasteiger partial charge in [0.05, 0.1) is 5.75 Å². The van der Waals surface area contributed by atoms with Crippen LogP contribution in [0, 0.1) is 0 Å². The van der Waals surface area contributed by atoms with Crippen LogP contribution in [0.15, 0.2) is 24.3 Å². The predicted octanol–water partition coefficient (Wildman–Crippen LogP) is 2.51. The van der Waals surface area contributed by atoms with Gasteiger partial charge in [-0.1, -0.05) is 44.5 Å². The van der Waals surface area contributed by atoms with Gasteiger partial charge in [0.2, 0.25) is 10.0 Å². The van der Waals surface area contributed by atoms with E-state index in [0.29, 0.717) is 13.0 Å². The molecule has 1 N–H and O–H groups in total. The van der Waals surface area contributed by atoms with Crippen molar-refractivity contribution in [2.24, 2.45) is 0 Å². The average molecular weight is 269 g/mol. The number of nitrogens with one attached hydrogen (secondary N) is 1. The summed E-state index contributed by atoms with van der Waals surface area (Å²) in [4.78, 5) is 0. The molecular formula is C14H23NO2S. The smallest absolute Gasteiger partial charge is 0.211 e. The van der Waals surface area contributed by atoms with Gasteiger partial charge in [-0.2, -0.15) is 0 Å². The van der Waals surface area contributed by atoms with Crippen LogP contribution in [0.2, 0.25) is 0 Å². The molecule has 0 saturated carbocycles. The van der Waals surface area contributed by atoms with Gasteiger partial charge in [0.1, 0.15) is 0 Å². The molecule has 0 radical (unpaired) electrons. The first-order valence-corrected chi connectivity index (χ1v) is 8.27. The zero-order valence-corrected chi connectivity index (χ0v) is 12.1. The highest BCUT2D eigenvalue weighted by atomic mass is 32.2. The second kappa shape index (κ2) is 7.54.